The van der Waals surface area contributed by atoms with Gasteiger partial charge in [-0.3, -0.25) is 14.5 Å². The summed E-state index contributed by atoms with van der Waals surface area (Å²) >= 11 is 1.48. The molecule has 3 rings (SSSR count). The molecular weight excluding hydrogens is 288 g/mol. The van der Waals surface area contributed by atoms with Crippen LogP contribution < -0.4 is 4.90 Å². The molecule has 1 aliphatic rings. The highest BCUT2D eigenvalue weighted by atomic mass is 32.1. The number of carbonyl (C=O) groups excluding carboxylic acids is 2. The van der Waals surface area contributed by atoms with Gasteiger partial charge in [0.05, 0.1) is 23.2 Å². The van der Waals surface area contributed by atoms with Crippen LogP contribution in [0.2, 0.25) is 0 Å². The first-order chi connectivity index (χ1) is 9.99. The van der Waals surface area contributed by atoms with E-state index in [2.05, 4.69) is 18.0 Å². The number of aromatic nitrogens is 1. The van der Waals surface area contributed by atoms with Gasteiger partial charge in [-0.05, 0) is 37.1 Å². The second-order valence-electron chi connectivity index (χ2n) is 5.33. The number of thiazole rings is 1. The Balaban J connectivity index is 1.94. The van der Waals surface area contributed by atoms with Crippen LogP contribution >= 0.6 is 11.3 Å². The smallest absolute Gasteiger partial charge is 0.311 e. The van der Waals surface area contributed by atoms with Gasteiger partial charge in [-0.25, -0.2) is 4.98 Å². The maximum absolute atomic E-state index is 12.1. The van der Waals surface area contributed by atoms with E-state index in [0.717, 1.165) is 10.2 Å². The Hall–Kier alpha value is -1.95. The average molecular weight is 304 g/mol. The molecule has 2 aromatic rings. The summed E-state index contributed by atoms with van der Waals surface area (Å²) in [5, 5.41) is 0.659. The molecular formula is C15H16N2O3S. The van der Waals surface area contributed by atoms with E-state index in [0.29, 0.717) is 11.7 Å². The van der Waals surface area contributed by atoms with Crippen molar-refractivity contribution in [3.8, 4) is 0 Å². The normalized spacial score (nSPS) is 18.5. The lowest BCUT2D eigenvalue weighted by molar-refractivity contribution is -0.145. The maximum atomic E-state index is 12.1. The standard InChI is InChI=1S/C15H16N2O3S/c1-8-4-11-12(5-9(8)2)21-15(16-11)17-7-10(6-13(17)18)14(19)20-3/h4-5,10H,6-7H2,1-3H3. The second-order valence-corrected chi connectivity index (χ2v) is 6.34. The van der Waals surface area contributed by atoms with Crippen LogP contribution in [0.1, 0.15) is 17.5 Å². The summed E-state index contributed by atoms with van der Waals surface area (Å²) in [5.74, 6) is -0.797. The minimum Gasteiger partial charge on any atom is -0.469 e. The van der Waals surface area contributed by atoms with E-state index in [-0.39, 0.29) is 18.3 Å². The maximum Gasteiger partial charge on any atom is 0.311 e. The Labute approximate surface area is 126 Å². The van der Waals surface area contributed by atoms with E-state index < -0.39 is 5.92 Å². The molecule has 1 amide bonds. The zero-order valence-corrected chi connectivity index (χ0v) is 13.0. The number of hydrogen-bond acceptors (Lipinski definition) is 5. The fourth-order valence-electron chi connectivity index (χ4n) is 2.50. The van der Waals surface area contributed by atoms with Crippen LogP contribution in [0.3, 0.4) is 0 Å². The molecule has 1 unspecified atom stereocenters. The number of carbonyl (C=O) groups is 2. The van der Waals surface area contributed by atoms with E-state index in [9.17, 15) is 9.59 Å². The molecule has 110 valence electrons. The van der Waals surface area contributed by atoms with Crippen LogP contribution in [0.25, 0.3) is 10.2 Å². The van der Waals surface area contributed by atoms with Gasteiger partial charge in [-0.1, -0.05) is 11.3 Å². The molecule has 2 heterocycles. The molecule has 1 aromatic heterocycles. The minimum absolute atomic E-state index is 0.0714. The van der Waals surface area contributed by atoms with Crippen LogP contribution in [0.5, 0.6) is 0 Å². The van der Waals surface area contributed by atoms with Crippen LogP contribution in [-0.4, -0.2) is 30.5 Å². The first kappa shape index (κ1) is 14.0. The number of fused-ring (bicyclic) bond motifs is 1. The lowest BCUT2D eigenvalue weighted by Gasteiger charge is -2.11. The van der Waals surface area contributed by atoms with Crippen LogP contribution in [0.4, 0.5) is 5.13 Å². The SMILES string of the molecule is COC(=O)C1CC(=O)N(c2nc3cc(C)c(C)cc3s2)C1. The van der Waals surface area contributed by atoms with Gasteiger partial charge in [0.1, 0.15) is 0 Å². The van der Waals surface area contributed by atoms with Gasteiger partial charge >= 0.3 is 5.97 Å². The average Bonchev–Trinajstić information content (AvgIpc) is 3.02. The number of anilines is 1. The summed E-state index contributed by atoms with van der Waals surface area (Å²) in [6, 6.07) is 4.12. The van der Waals surface area contributed by atoms with Gasteiger partial charge in [-0.2, -0.15) is 0 Å². The summed E-state index contributed by atoms with van der Waals surface area (Å²) < 4.78 is 5.78. The molecule has 0 radical (unpaired) electrons. The molecule has 1 aliphatic heterocycles. The van der Waals surface area contributed by atoms with Crippen molar-refractivity contribution in [3.05, 3.63) is 23.3 Å². The number of benzene rings is 1. The van der Waals surface area contributed by atoms with Crippen molar-refractivity contribution in [2.75, 3.05) is 18.6 Å². The quantitative estimate of drug-likeness (QED) is 0.800. The molecule has 1 saturated heterocycles. The largest absolute Gasteiger partial charge is 0.469 e. The molecule has 0 aliphatic carbocycles. The predicted molar refractivity (Wildman–Crippen MR) is 81.6 cm³/mol. The molecule has 1 fully saturated rings. The Kier molecular flexibility index (Phi) is 3.41. The van der Waals surface area contributed by atoms with Crippen molar-refractivity contribution in [1.82, 2.24) is 4.98 Å². The number of methoxy groups -OCH3 is 1. The highest BCUT2D eigenvalue weighted by molar-refractivity contribution is 7.22. The number of rotatable bonds is 2. The van der Waals surface area contributed by atoms with Gasteiger partial charge in [0.15, 0.2) is 5.13 Å². The Bertz CT molecular complexity index is 699. The van der Waals surface area contributed by atoms with Crippen molar-refractivity contribution in [2.45, 2.75) is 20.3 Å². The molecule has 6 heteroatoms. The Morgan fingerprint density at radius 3 is 2.81 bits per heavy atom. The Morgan fingerprint density at radius 1 is 1.38 bits per heavy atom. The highest BCUT2D eigenvalue weighted by Gasteiger charge is 2.37. The molecule has 0 saturated carbocycles. The summed E-state index contributed by atoms with van der Waals surface area (Å²) in [4.78, 5) is 29.8. The highest BCUT2D eigenvalue weighted by Crippen LogP contribution is 2.34. The van der Waals surface area contributed by atoms with Crippen LogP contribution in [-0.2, 0) is 14.3 Å². The third kappa shape index (κ3) is 2.40. The molecule has 1 atom stereocenters. The Morgan fingerprint density at radius 2 is 2.10 bits per heavy atom. The fourth-order valence-corrected chi connectivity index (χ4v) is 3.57. The lowest BCUT2D eigenvalue weighted by Crippen LogP contribution is -2.25. The van der Waals surface area contributed by atoms with Gasteiger partial charge in [0, 0.05) is 13.0 Å². The second kappa shape index (κ2) is 5.11. The summed E-state index contributed by atoms with van der Waals surface area (Å²) in [6.45, 7) is 4.45. The lowest BCUT2D eigenvalue weighted by atomic mass is 10.1. The number of amides is 1. The number of ether oxygens (including phenoxy) is 1. The van der Waals surface area contributed by atoms with Crippen molar-refractivity contribution >= 4 is 38.6 Å². The van der Waals surface area contributed by atoms with Crippen molar-refractivity contribution in [3.63, 3.8) is 0 Å². The van der Waals surface area contributed by atoms with E-state index in [1.165, 1.54) is 29.6 Å². The first-order valence-electron chi connectivity index (χ1n) is 6.75. The zero-order chi connectivity index (χ0) is 15.1. The third-order valence-electron chi connectivity index (χ3n) is 3.88. The molecule has 5 nitrogen and oxygen atoms in total. The topological polar surface area (TPSA) is 59.5 Å². The van der Waals surface area contributed by atoms with Crippen molar-refractivity contribution in [2.24, 2.45) is 5.92 Å². The first-order valence-corrected chi connectivity index (χ1v) is 7.57. The zero-order valence-electron chi connectivity index (χ0n) is 12.2. The van der Waals surface area contributed by atoms with Crippen molar-refractivity contribution < 1.29 is 14.3 Å². The molecule has 1 aromatic carbocycles. The predicted octanol–water partition coefficient (Wildman–Crippen LogP) is 2.44. The number of esters is 1. The van der Waals surface area contributed by atoms with Crippen LogP contribution in [0, 0.1) is 19.8 Å². The van der Waals surface area contributed by atoms with Gasteiger partial charge in [0.2, 0.25) is 5.91 Å². The molecule has 0 spiro atoms. The minimum atomic E-state index is -0.391. The summed E-state index contributed by atoms with van der Waals surface area (Å²) in [6.07, 6.45) is 0.195. The van der Waals surface area contributed by atoms with E-state index in [4.69, 9.17) is 4.74 Å². The monoisotopic (exact) mass is 304 g/mol. The number of hydrogen-bond donors (Lipinski definition) is 0. The molecule has 0 N–H and O–H groups in total. The summed E-state index contributed by atoms with van der Waals surface area (Å²) in [5.41, 5.74) is 3.28. The van der Waals surface area contributed by atoms with Gasteiger partial charge in [-0.15, -0.1) is 0 Å². The third-order valence-corrected chi connectivity index (χ3v) is 4.92. The summed E-state index contributed by atoms with van der Waals surface area (Å²) in [7, 11) is 1.35. The molecule has 0 bridgehead atoms. The van der Waals surface area contributed by atoms with Crippen LogP contribution in [0.15, 0.2) is 12.1 Å². The van der Waals surface area contributed by atoms with E-state index >= 15 is 0 Å². The fraction of sp³-hybridized carbons (Fsp3) is 0.400. The molecule has 21 heavy (non-hydrogen) atoms. The van der Waals surface area contributed by atoms with Gasteiger partial charge < -0.3 is 4.74 Å². The van der Waals surface area contributed by atoms with Gasteiger partial charge in [0.25, 0.3) is 0 Å². The number of aryl methyl sites for hydroxylation is 2. The van der Waals surface area contributed by atoms with Crippen molar-refractivity contribution in [1.29, 1.82) is 0 Å². The van der Waals surface area contributed by atoms with E-state index in [1.807, 2.05) is 13.0 Å². The van der Waals surface area contributed by atoms with E-state index in [1.54, 1.807) is 4.90 Å². The number of nitrogens with zero attached hydrogens (tertiary/aromatic N) is 2.